The molecule has 0 rings (SSSR count). The maximum absolute atomic E-state index is 11.4. The van der Waals surface area contributed by atoms with Gasteiger partial charge < -0.3 is 4.74 Å². The van der Waals surface area contributed by atoms with Crippen molar-refractivity contribution >= 4 is 11.9 Å². The molecule has 0 aliphatic carbocycles. The quantitative estimate of drug-likeness (QED) is 0.465. The van der Waals surface area contributed by atoms with Crippen LogP contribution in [0.15, 0.2) is 0 Å². The number of hydrogen-bond donors (Lipinski definition) is 0. The fourth-order valence-electron chi connectivity index (χ4n) is 1.45. The maximum Gasteiger partial charge on any atom is 0.327 e. The number of hydrogen-bond acceptors (Lipinski definition) is 5. The molecule has 5 heteroatoms. The smallest absolute Gasteiger partial charge is 0.327 e. The highest BCUT2D eigenvalue weighted by molar-refractivity contribution is 5.87. The van der Waals surface area contributed by atoms with Gasteiger partial charge in [-0.3, -0.25) is 19.4 Å². The van der Waals surface area contributed by atoms with Gasteiger partial charge in [0, 0.05) is 0 Å². The molecule has 0 saturated heterocycles. The fraction of sp³-hybridized carbons (Fsp3) is 0.833. The average molecular weight is 244 g/mol. The Morgan fingerprint density at radius 2 is 1.06 bits per heavy atom. The lowest BCUT2D eigenvalue weighted by atomic mass is 10.4. The van der Waals surface area contributed by atoms with Gasteiger partial charge in [-0.25, -0.2) is 0 Å². The Morgan fingerprint density at radius 1 is 0.765 bits per heavy atom. The van der Waals surface area contributed by atoms with Crippen molar-refractivity contribution in [1.82, 2.24) is 9.80 Å². The van der Waals surface area contributed by atoms with E-state index in [4.69, 9.17) is 4.74 Å². The summed E-state index contributed by atoms with van der Waals surface area (Å²) in [6, 6.07) is 0. The van der Waals surface area contributed by atoms with Gasteiger partial charge in [-0.2, -0.15) is 0 Å². The van der Waals surface area contributed by atoms with Gasteiger partial charge in [-0.15, -0.1) is 0 Å². The third-order valence-electron chi connectivity index (χ3n) is 2.72. The van der Waals surface area contributed by atoms with E-state index < -0.39 is 11.9 Å². The minimum atomic E-state index is -0.467. The van der Waals surface area contributed by atoms with Crippen molar-refractivity contribution in [2.45, 2.75) is 27.7 Å². The molecule has 0 fully saturated rings. The van der Waals surface area contributed by atoms with Gasteiger partial charge in [-0.05, 0) is 26.2 Å². The van der Waals surface area contributed by atoms with Crippen LogP contribution in [0.5, 0.6) is 0 Å². The first-order chi connectivity index (χ1) is 8.07. The molecule has 0 radical (unpaired) electrons. The van der Waals surface area contributed by atoms with Crippen molar-refractivity contribution in [2.24, 2.45) is 0 Å². The maximum atomic E-state index is 11.4. The van der Waals surface area contributed by atoms with Gasteiger partial charge in [0.1, 0.15) is 0 Å². The molecule has 0 atom stereocenters. The van der Waals surface area contributed by atoms with Crippen molar-refractivity contribution in [2.75, 3.05) is 39.3 Å². The Hall–Kier alpha value is -0.940. The van der Waals surface area contributed by atoms with E-state index in [-0.39, 0.29) is 13.1 Å². The first kappa shape index (κ1) is 16.1. The van der Waals surface area contributed by atoms with E-state index in [1.165, 1.54) is 0 Å². The molecule has 0 bridgehead atoms. The van der Waals surface area contributed by atoms with Gasteiger partial charge in [0.25, 0.3) is 0 Å². The van der Waals surface area contributed by atoms with E-state index in [1.807, 2.05) is 37.5 Å². The molecule has 5 nitrogen and oxygen atoms in total. The van der Waals surface area contributed by atoms with Gasteiger partial charge in [0.05, 0.1) is 13.1 Å². The second-order valence-electron chi connectivity index (χ2n) is 3.77. The number of esters is 2. The zero-order valence-electron chi connectivity index (χ0n) is 11.4. The van der Waals surface area contributed by atoms with E-state index in [0.29, 0.717) is 0 Å². The molecule has 0 aromatic rings. The van der Waals surface area contributed by atoms with Crippen LogP contribution in [0.25, 0.3) is 0 Å². The van der Waals surface area contributed by atoms with Crippen molar-refractivity contribution in [3.05, 3.63) is 0 Å². The lowest BCUT2D eigenvalue weighted by molar-refractivity contribution is -0.161. The highest BCUT2D eigenvalue weighted by atomic mass is 16.6. The molecule has 0 aliphatic rings. The summed E-state index contributed by atoms with van der Waals surface area (Å²) >= 11 is 0. The average Bonchev–Trinajstić information content (AvgIpc) is 2.32. The zero-order chi connectivity index (χ0) is 13.3. The number of nitrogens with zero attached hydrogens (tertiary/aromatic N) is 2. The predicted octanol–water partition coefficient (Wildman–Crippen LogP) is 0.740. The van der Waals surface area contributed by atoms with Crippen LogP contribution in [0, 0.1) is 0 Å². The minimum Gasteiger partial charge on any atom is -0.391 e. The number of likely N-dealkylation sites (N-methyl/N-ethyl adjacent to an activating group) is 2. The second-order valence-corrected chi connectivity index (χ2v) is 3.77. The summed E-state index contributed by atoms with van der Waals surface area (Å²) < 4.78 is 4.76. The molecular formula is C12H24N2O3. The summed E-state index contributed by atoms with van der Waals surface area (Å²) in [5.41, 5.74) is 0. The summed E-state index contributed by atoms with van der Waals surface area (Å²) in [5, 5.41) is 0. The molecule has 100 valence electrons. The van der Waals surface area contributed by atoms with Crippen LogP contribution in [-0.2, 0) is 14.3 Å². The van der Waals surface area contributed by atoms with Crippen LogP contribution < -0.4 is 0 Å². The first-order valence-corrected chi connectivity index (χ1v) is 6.25. The van der Waals surface area contributed by atoms with E-state index in [1.54, 1.807) is 0 Å². The van der Waals surface area contributed by atoms with Gasteiger partial charge in [-0.1, -0.05) is 27.7 Å². The largest absolute Gasteiger partial charge is 0.391 e. The number of carbonyl (C=O) groups excluding carboxylic acids is 2. The third-order valence-corrected chi connectivity index (χ3v) is 2.72. The third kappa shape index (κ3) is 7.07. The molecule has 0 spiro atoms. The lowest BCUT2D eigenvalue weighted by Crippen LogP contribution is -2.35. The van der Waals surface area contributed by atoms with Crippen LogP contribution in [0.1, 0.15) is 27.7 Å². The molecule has 0 N–H and O–H groups in total. The predicted molar refractivity (Wildman–Crippen MR) is 66.7 cm³/mol. The Bertz CT molecular complexity index is 212. The summed E-state index contributed by atoms with van der Waals surface area (Å²) in [6.07, 6.45) is 0. The highest BCUT2D eigenvalue weighted by Gasteiger charge is 2.15. The first-order valence-electron chi connectivity index (χ1n) is 6.25. The van der Waals surface area contributed by atoms with Gasteiger partial charge >= 0.3 is 11.9 Å². The van der Waals surface area contributed by atoms with Crippen LogP contribution in [0.2, 0.25) is 0 Å². The van der Waals surface area contributed by atoms with Gasteiger partial charge in [0.2, 0.25) is 0 Å². The Balaban J connectivity index is 3.99. The zero-order valence-corrected chi connectivity index (χ0v) is 11.4. The Labute approximate surface area is 104 Å². The Kier molecular flexibility index (Phi) is 8.62. The van der Waals surface area contributed by atoms with Crippen LogP contribution >= 0.6 is 0 Å². The molecule has 0 aliphatic heterocycles. The summed E-state index contributed by atoms with van der Waals surface area (Å²) in [7, 11) is 0. The molecular weight excluding hydrogens is 220 g/mol. The van der Waals surface area contributed by atoms with Crippen LogP contribution in [0.3, 0.4) is 0 Å². The van der Waals surface area contributed by atoms with Crippen molar-refractivity contribution in [3.8, 4) is 0 Å². The molecule has 0 aromatic heterocycles. The number of rotatable bonds is 8. The SMILES string of the molecule is CCN(CC)CC(=O)OC(=O)CN(CC)CC. The van der Waals surface area contributed by atoms with Crippen LogP contribution in [0.4, 0.5) is 0 Å². The molecule has 0 amide bonds. The molecule has 17 heavy (non-hydrogen) atoms. The fourth-order valence-corrected chi connectivity index (χ4v) is 1.45. The lowest BCUT2D eigenvalue weighted by Gasteiger charge is -2.18. The van der Waals surface area contributed by atoms with E-state index >= 15 is 0 Å². The summed E-state index contributed by atoms with van der Waals surface area (Å²) in [5.74, 6) is -0.934. The normalized spacial score (nSPS) is 10.9. The van der Waals surface area contributed by atoms with Gasteiger partial charge in [0.15, 0.2) is 0 Å². The number of carbonyl (C=O) groups is 2. The topological polar surface area (TPSA) is 49.9 Å². The van der Waals surface area contributed by atoms with E-state index in [2.05, 4.69) is 0 Å². The standard InChI is InChI=1S/C12H24N2O3/c1-5-13(6-2)9-11(15)17-12(16)10-14(7-3)8-4/h5-10H2,1-4H3. The highest BCUT2D eigenvalue weighted by Crippen LogP contribution is 1.93. The summed E-state index contributed by atoms with van der Waals surface area (Å²) in [4.78, 5) is 26.7. The van der Waals surface area contributed by atoms with Crippen LogP contribution in [-0.4, -0.2) is 61.0 Å². The summed E-state index contributed by atoms with van der Waals surface area (Å²) in [6.45, 7) is 11.3. The van der Waals surface area contributed by atoms with Crippen molar-refractivity contribution in [3.63, 3.8) is 0 Å². The number of ether oxygens (including phenoxy) is 1. The van der Waals surface area contributed by atoms with Crippen molar-refractivity contribution in [1.29, 1.82) is 0 Å². The molecule has 0 unspecified atom stereocenters. The Morgan fingerprint density at radius 3 is 1.29 bits per heavy atom. The monoisotopic (exact) mass is 244 g/mol. The minimum absolute atomic E-state index is 0.178. The van der Waals surface area contributed by atoms with E-state index in [9.17, 15) is 9.59 Å². The molecule has 0 saturated carbocycles. The molecule has 0 heterocycles. The second kappa shape index (κ2) is 9.13. The van der Waals surface area contributed by atoms with E-state index in [0.717, 1.165) is 26.2 Å². The molecule has 0 aromatic carbocycles. The van der Waals surface area contributed by atoms with Crippen molar-refractivity contribution < 1.29 is 14.3 Å².